The van der Waals surface area contributed by atoms with Crippen LogP contribution in [0.2, 0.25) is 0 Å². The Labute approximate surface area is 131 Å². The van der Waals surface area contributed by atoms with Gasteiger partial charge in [-0.3, -0.25) is 4.79 Å². The largest absolute Gasteiger partial charge is 0.494 e. The third-order valence-electron chi connectivity index (χ3n) is 3.09. The standard InChI is InChI=1S/C16H15BrFNO2/c1-19(16(20)12-5-3-4-6-13(12)17)10-11-7-8-15(21-2)14(18)9-11/h3-9H,10H2,1-2H3. The summed E-state index contributed by atoms with van der Waals surface area (Å²) in [6.45, 7) is 0.321. The number of carbonyl (C=O) groups excluding carboxylic acids is 1. The average Bonchev–Trinajstić information content (AvgIpc) is 2.47. The molecule has 0 aliphatic carbocycles. The molecule has 5 heteroatoms. The van der Waals surface area contributed by atoms with E-state index in [9.17, 15) is 9.18 Å². The average molecular weight is 352 g/mol. The van der Waals surface area contributed by atoms with Crippen LogP contribution in [0.25, 0.3) is 0 Å². The van der Waals surface area contributed by atoms with Gasteiger partial charge in [0.15, 0.2) is 11.6 Å². The molecule has 110 valence electrons. The van der Waals surface area contributed by atoms with E-state index in [1.807, 2.05) is 12.1 Å². The molecule has 0 spiro atoms. The quantitative estimate of drug-likeness (QED) is 0.836. The molecule has 0 heterocycles. The summed E-state index contributed by atoms with van der Waals surface area (Å²) < 4.78 is 19.3. The number of hydrogen-bond donors (Lipinski definition) is 0. The van der Waals surface area contributed by atoms with Gasteiger partial charge in [0.2, 0.25) is 0 Å². The molecule has 0 saturated heterocycles. The van der Waals surface area contributed by atoms with Crippen LogP contribution in [0.5, 0.6) is 5.75 Å². The lowest BCUT2D eigenvalue weighted by molar-refractivity contribution is 0.0784. The molecule has 2 rings (SSSR count). The van der Waals surface area contributed by atoms with E-state index in [4.69, 9.17) is 4.74 Å². The number of ether oxygens (including phenoxy) is 1. The van der Waals surface area contributed by atoms with Crippen molar-refractivity contribution in [2.24, 2.45) is 0 Å². The van der Waals surface area contributed by atoms with E-state index in [1.165, 1.54) is 13.2 Å². The van der Waals surface area contributed by atoms with Crippen LogP contribution in [0.15, 0.2) is 46.9 Å². The third-order valence-corrected chi connectivity index (χ3v) is 3.78. The number of nitrogens with zero attached hydrogens (tertiary/aromatic N) is 1. The van der Waals surface area contributed by atoms with E-state index >= 15 is 0 Å². The molecule has 0 atom stereocenters. The highest BCUT2D eigenvalue weighted by Gasteiger charge is 2.15. The van der Waals surface area contributed by atoms with Crippen molar-refractivity contribution in [2.75, 3.05) is 14.2 Å². The first-order chi connectivity index (χ1) is 10.0. The molecule has 0 aromatic heterocycles. The van der Waals surface area contributed by atoms with Crippen molar-refractivity contribution < 1.29 is 13.9 Å². The maximum atomic E-state index is 13.7. The second kappa shape index (κ2) is 6.72. The van der Waals surface area contributed by atoms with Crippen molar-refractivity contribution in [3.63, 3.8) is 0 Å². The second-order valence-corrected chi connectivity index (χ2v) is 5.46. The van der Waals surface area contributed by atoms with Gasteiger partial charge in [0.1, 0.15) is 0 Å². The van der Waals surface area contributed by atoms with Crippen molar-refractivity contribution in [1.82, 2.24) is 4.90 Å². The number of halogens is 2. The van der Waals surface area contributed by atoms with Crippen LogP contribution in [-0.4, -0.2) is 25.0 Å². The van der Waals surface area contributed by atoms with Crippen LogP contribution < -0.4 is 4.74 Å². The molecule has 0 N–H and O–H groups in total. The van der Waals surface area contributed by atoms with E-state index in [2.05, 4.69) is 15.9 Å². The third kappa shape index (κ3) is 3.61. The fourth-order valence-electron chi connectivity index (χ4n) is 1.99. The Morgan fingerprint density at radius 2 is 2.00 bits per heavy atom. The van der Waals surface area contributed by atoms with E-state index in [1.54, 1.807) is 36.2 Å². The lowest BCUT2D eigenvalue weighted by Gasteiger charge is -2.18. The van der Waals surface area contributed by atoms with Gasteiger partial charge in [-0.2, -0.15) is 0 Å². The van der Waals surface area contributed by atoms with E-state index in [-0.39, 0.29) is 11.7 Å². The number of carbonyl (C=O) groups is 1. The predicted octanol–water partition coefficient (Wildman–Crippen LogP) is 3.87. The topological polar surface area (TPSA) is 29.5 Å². The first-order valence-corrected chi connectivity index (χ1v) is 7.14. The number of hydrogen-bond acceptors (Lipinski definition) is 2. The van der Waals surface area contributed by atoms with E-state index in [0.717, 1.165) is 4.47 Å². The number of benzene rings is 2. The Hall–Kier alpha value is -1.88. The minimum atomic E-state index is -0.434. The van der Waals surface area contributed by atoms with Gasteiger partial charge in [-0.05, 0) is 45.8 Å². The Kier molecular flexibility index (Phi) is 4.96. The monoisotopic (exact) mass is 351 g/mol. The minimum Gasteiger partial charge on any atom is -0.494 e. The van der Waals surface area contributed by atoms with Gasteiger partial charge in [0, 0.05) is 18.1 Å². The maximum Gasteiger partial charge on any atom is 0.255 e. The van der Waals surface area contributed by atoms with Crippen LogP contribution >= 0.6 is 15.9 Å². The molecule has 0 unspecified atom stereocenters. The lowest BCUT2D eigenvalue weighted by atomic mass is 10.1. The molecule has 2 aromatic rings. The van der Waals surface area contributed by atoms with Gasteiger partial charge in [-0.15, -0.1) is 0 Å². The first kappa shape index (κ1) is 15.5. The van der Waals surface area contributed by atoms with Gasteiger partial charge < -0.3 is 9.64 Å². The fraction of sp³-hybridized carbons (Fsp3) is 0.188. The summed E-state index contributed by atoms with van der Waals surface area (Å²) in [6, 6.07) is 11.9. The zero-order valence-corrected chi connectivity index (χ0v) is 13.4. The maximum absolute atomic E-state index is 13.7. The Balaban J connectivity index is 2.14. The summed E-state index contributed by atoms with van der Waals surface area (Å²) in [7, 11) is 3.10. The molecule has 0 saturated carbocycles. The van der Waals surface area contributed by atoms with E-state index in [0.29, 0.717) is 17.7 Å². The zero-order chi connectivity index (χ0) is 15.4. The highest BCUT2D eigenvalue weighted by molar-refractivity contribution is 9.10. The summed E-state index contributed by atoms with van der Waals surface area (Å²) in [5, 5.41) is 0. The SMILES string of the molecule is COc1ccc(CN(C)C(=O)c2ccccc2Br)cc1F. The smallest absolute Gasteiger partial charge is 0.255 e. The summed E-state index contributed by atoms with van der Waals surface area (Å²) in [5.41, 5.74) is 1.28. The molecular weight excluding hydrogens is 337 g/mol. The first-order valence-electron chi connectivity index (χ1n) is 6.35. The predicted molar refractivity (Wildman–Crippen MR) is 82.9 cm³/mol. The second-order valence-electron chi connectivity index (χ2n) is 4.61. The fourth-order valence-corrected chi connectivity index (χ4v) is 2.45. The van der Waals surface area contributed by atoms with Crippen LogP contribution in [0.1, 0.15) is 15.9 Å². The Morgan fingerprint density at radius 3 is 2.62 bits per heavy atom. The van der Waals surface area contributed by atoms with Crippen LogP contribution in [0, 0.1) is 5.82 Å². The number of rotatable bonds is 4. The van der Waals surface area contributed by atoms with Crippen molar-refractivity contribution in [2.45, 2.75) is 6.54 Å². The number of methoxy groups -OCH3 is 1. The van der Waals surface area contributed by atoms with E-state index < -0.39 is 5.82 Å². The van der Waals surface area contributed by atoms with Crippen molar-refractivity contribution in [3.05, 3.63) is 63.9 Å². The number of amides is 1. The van der Waals surface area contributed by atoms with Crippen LogP contribution in [-0.2, 0) is 6.54 Å². The molecule has 0 fully saturated rings. The van der Waals surface area contributed by atoms with Gasteiger partial charge in [0.25, 0.3) is 5.91 Å². The van der Waals surface area contributed by atoms with Gasteiger partial charge in [-0.25, -0.2) is 4.39 Å². The highest BCUT2D eigenvalue weighted by atomic mass is 79.9. The van der Waals surface area contributed by atoms with Crippen molar-refractivity contribution in [1.29, 1.82) is 0 Å². The molecule has 0 bridgehead atoms. The highest BCUT2D eigenvalue weighted by Crippen LogP contribution is 2.21. The molecule has 0 aliphatic heterocycles. The van der Waals surface area contributed by atoms with Gasteiger partial charge in [0.05, 0.1) is 12.7 Å². The molecule has 2 aromatic carbocycles. The molecule has 1 amide bonds. The van der Waals surface area contributed by atoms with Gasteiger partial charge in [-0.1, -0.05) is 18.2 Å². The normalized spacial score (nSPS) is 10.3. The molecule has 0 radical (unpaired) electrons. The molecule has 0 aliphatic rings. The summed E-state index contributed by atoms with van der Waals surface area (Å²) in [6.07, 6.45) is 0. The summed E-state index contributed by atoms with van der Waals surface area (Å²) in [5.74, 6) is -0.367. The minimum absolute atomic E-state index is 0.126. The zero-order valence-electron chi connectivity index (χ0n) is 11.8. The van der Waals surface area contributed by atoms with Crippen LogP contribution in [0.3, 0.4) is 0 Å². The molecular formula is C16H15BrFNO2. The van der Waals surface area contributed by atoms with Crippen molar-refractivity contribution >= 4 is 21.8 Å². The lowest BCUT2D eigenvalue weighted by Crippen LogP contribution is -2.26. The van der Waals surface area contributed by atoms with Gasteiger partial charge >= 0.3 is 0 Å². The van der Waals surface area contributed by atoms with Crippen molar-refractivity contribution in [3.8, 4) is 5.75 Å². The van der Waals surface area contributed by atoms with Crippen LogP contribution in [0.4, 0.5) is 4.39 Å². The Morgan fingerprint density at radius 1 is 1.29 bits per heavy atom. The Bertz CT molecular complexity index is 660. The summed E-state index contributed by atoms with van der Waals surface area (Å²) >= 11 is 3.36. The molecule has 21 heavy (non-hydrogen) atoms. The summed E-state index contributed by atoms with van der Waals surface area (Å²) in [4.78, 5) is 13.9. The molecule has 3 nitrogen and oxygen atoms in total.